The summed E-state index contributed by atoms with van der Waals surface area (Å²) in [5.41, 5.74) is 1.89. The average Bonchev–Trinajstić information content (AvgIpc) is 2.49. The molecule has 0 aromatic heterocycles. The van der Waals surface area contributed by atoms with E-state index < -0.39 is 17.7 Å². The summed E-state index contributed by atoms with van der Waals surface area (Å²) < 4.78 is 31.6. The van der Waals surface area contributed by atoms with Crippen molar-refractivity contribution >= 4 is 0 Å². The summed E-state index contributed by atoms with van der Waals surface area (Å²) >= 11 is 0. The van der Waals surface area contributed by atoms with Gasteiger partial charge >= 0.3 is 0 Å². The Morgan fingerprint density at radius 1 is 1.10 bits per heavy atom. The van der Waals surface area contributed by atoms with Crippen LogP contribution in [-0.2, 0) is 6.42 Å². The lowest BCUT2D eigenvalue weighted by Gasteiger charge is -2.13. The monoisotopic (exact) mass is 292 g/mol. The maximum Gasteiger partial charge on any atom is 0.200 e. The number of benzene rings is 2. The molecule has 2 aromatic rings. The van der Waals surface area contributed by atoms with Crippen molar-refractivity contribution in [3.05, 3.63) is 65.2 Å². The van der Waals surface area contributed by atoms with Crippen LogP contribution in [0.1, 0.15) is 30.6 Å². The molecule has 1 atom stereocenters. The van der Waals surface area contributed by atoms with Crippen LogP contribution < -0.4 is 4.74 Å². The molecule has 0 saturated heterocycles. The first-order valence-corrected chi connectivity index (χ1v) is 6.95. The van der Waals surface area contributed by atoms with Crippen molar-refractivity contribution in [2.24, 2.45) is 0 Å². The van der Waals surface area contributed by atoms with E-state index in [2.05, 4.69) is 6.92 Å². The van der Waals surface area contributed by atoms with E-state index in [0.29, 0.717) is 5.56 Å². The molecule has 2 rings (SSSR count). The summed E-state index contributed by atoms with van der Waals surface area (Å²) in [6, 6.07) is 11.2. The maximum absolute atomic E-state index is 13.4. The Morgan fingerprint density at radius 3 is 2.48 bits per heavy atom. The van der Waals surface area contributed by atoms with Crippen LogP contribution in [-0.4, -0.2) is 11.7 Å². The zero-order chi connectivity index (χ0) is 15.2. The smallest absolute Gasteiger partial charge is 0.200 e. The van der Waals surface area contributed by atoms with Crippen LogP contribution in [0.15, 0.2) is 42.5 Å². The van der Waals surface area contributed by atoms with Gasteiger partial charge in [-0.1, -0.05) is 43.7 Å². The van der Waals surface area contributed by atoms with Gasteiger partial charge in [-0.05, 0) is 29.7 Å². The molecule has 0 fully saturated rings. The molecule has 4 heteroatoms. The lowest BCUT2D eigenvalue weighted by Crippen LogP contribution is -2.10. The Hall–Kier alpha value is -1.94. The van der Waals surface area contributed by atoms with Gasteiger partial charge in [0.2, 0.25) is 5.82 Å². The molecule has 112 valence electrons. The molecule has 1 N–H and O–H groups in total. The van der Waals surface area contributed by atoms with Crippen molar-refractivity contribution in [1.29, 1.82) is 0 Å². The summed E-state index contributed by atoms with van der Waals surface area (Å²) in [5, 5.41) is 10.0. The van der Waals surface area contributed by atoms with Crippen molar-refractivity contribution < 1.29 is 18.6 Å². The Balaban J connectivity index is 1.98. The third kappa shape index (κ3) is 4.02. The minimum Gasteiger partial charge on any atom is -0.487 e. The second-order valence-corrected chi connectivity index (χ2v) is 4.87. The minimum absolute atomic E-state index is 0.131. The van der Waals surface area contributed by atoms with Crippen LogP contribution in [0.3, 0.4) is 0 Å². The number of hydrogen-bond acceptors (Lipinski definition) is 2. The second-order valence-electron chi connectivity index (χ2n) is 4.87. The third-order valence-electron chi connectivity index (χ3n) is 3.22. The largest absolute Gasteiger partial charge is 0.487 e. The Labute approximate surface area is 123 Å². The molecule has 1 unspecified atom stereocenters. The maximum atomic E-state index is 13.4. The molecule has 0 bridgehead atoms. The van der Waals surface area contributed by atoms with Gasteiger partial charge in [-0.25, -0.2) is 4.39 Å². The number of aryl methyl sites for hydroxylation is 1. The topological polar surface area (TPSA) is 29.5 Å². The first-order valence-electron chi connectivity index (χ1n) is 6.95. The predicted octanol–water partition coefficient (Wildman–Crippen LogP) is 4.03. The van der Waals surface area contributed by atoms with Gasteiger partial charge < -0.3 is 9.84 Å². The van der Waals surface area contributed by atoms with E-state index in [1.54, 1.807) is 0 Å². The third-order valence-corrected chi connectivity index (χ3v) is 3.22. The summed E-state index contributed by atoms with van der Waals surface area (Å²) in [4.78, 5) is 0. The molecule has 0 heterocycles. The van der Waals surface area contributed by atoms with E-state index >= 15 is 0 Å². The molecule has 0 amide bonds. The Kier molecular flexibility index (Phi) is 5.28. The molecule has 0 saturated carbocycles. The standard InChI is InChI=1S/C17H18F2O2/c1-2-4-12-7-9-13(10-8-12)15(20)11-21-16-6-3-5-14(18)17(16)19/h3,5-10,15,20H,2,4,11H2,1H3. The molecule has 0 aliphatic rings. The van der Waals surface area contributed by atoms with E-state index in [1.165, 1.54) is 17.7 Å². The molecule has 2 nitrogen and oxygen atoms in total. The first-order chi connectivity index (χ1) is 10.1. The van der Waals surface area contributed by atoms with E-state index in [4.69, 9.17) is 4.74 Å². The Morgan fingerprint density at radius 2 is 1.81 bits per heavy atom. The molecule has 0 spiro atoms. The zero-order valence-electron chi connectivity index (χ0n) is 11.9. The quantitative estimate of drug-likeness (QED) is 0.871. The minimum atomic E-state index is -1.04. The summed E-state index contributed by atoms with van der Waals surface area (Å²) in [6.07, 6.45) is 1.16. The highest BCUT2D eigenvalue weighted by Crippen LogP contribution is 2.21. The van der Waals surface area contributed by atoms with Crippen molar-refractivity contribution in [2.45, 2.75) is 25.9 Å². The molecular weight excluding hydrogens is 274 g/mol. The molecular formula is C17H18F2O2. The molecule has 0 aliphatic carbocycles. The zero-order valence-corrected chi connectivity index (χ0v) is 11.9. The van der Waals surface area contributed by atoms with Gasteiger partial charge in [-0.2, -0.15) is 4.39 Å². The summed E-state index contributed by atoms with van der Waals surface area (Å²) in [7, 11) is 0. The van der Waals surface area contributed by atoms with Gasteiger partial charge in [0.25, 0.3) is 0 Å². The van der Waals surface area contributed by atoms with E-state index in [1.807, 2.05) is 24.3 Å². The number of halogens is 2. The number of hydrogen-bond donors (Lipinski definition) is 1. The van der Waals surface area contributed by atoms with Crippen LogP contribution in [0.2, 0.25) is 0 Å². The first kappa shape index (κ1) is 15.4. The average molecular weight is 292 g/mol. The van der Waals surface area contributed by atoms with Crippen LogP contribution in [0.5, 0.6) is 5.75 Å². The van der Waals surface area contributed by atoms with Crippen molar-refractivity contribution in [3.8, 4) is 5.75 Å². The van der Waals surface area contributed by atoms with Crippen molar-refractivity contribution in [3.63, 3.8) is 0 Å². The Bertz CT molecular complexity index is 582. The van der Waals surface area contributed by atoms with Crippen LogP contribution in [0.25, 0.3) is 0 Å². The lowest BCUT2D eigenvalue weighted by molar-refractivity contribution is 0.105. The molecule has 0 radical (unpaired) electrons. The number of aliphatic hydroxyl groups is 1. The fourth-order valence-corrected chi connectivity index (χ4v) is 2.06. The van der Waals surface area contributed by atoms with Crippen LogP contribution in [0.4, 0.5) is 8.78 Å². The van der Waals surface area contributed by atoms with Gasteiger partial charge in [-0.15, -0.1) is 0 Å². The fourth-order valence-electron chi connectivity index (χ4n) is 2.06. The highest BCUT2D eigenvalue weighted by Gasteiger charge is 2.12. The van der Waals surface area contributed by atoms with E-state index in [-0.39, 0.29) is 12.4 Å². The molecule has 21 heavy (non-hydrogen) atoms. The highest BCUT2D eigenvalue weighted by atomic mass is 19.2. The highest BCUT2D eigenvalue weighted by molar-refractivity contribution is 5.26. The van der Waals surface area contributed by atoms with Crippen LogP contribution in [0, 0.1) is 11.6 Å². The normalized spacial score (nSPS) is 12.2. The van der Waals surface area contributed by atoms with E-state index in [0.717, 1.165) is 18.9 Å². The molecule has 0 aliphatic heterocycles. The number of ether oxygens (including phenoxy) is 1. The van der Waals surface area contributed by atoms with Gasteiger partial charge in [0.1, 0.15) is 12.7 Å². The number of rotatable bonds is 6. The second kappa shape index (κ2) is 7.18. The van der Waals surface area contributed by atoms with Gasteiger partial charge in [-0.3, -0.25) is 0 Å². The number of aliphatic hydroxyl groups excluding tert-OH is 1. The fraction of sp³-hybridized carbons (Fsp3) is 0.294. The van der Waals surface area contributed by atoms with E-state index in [9.17, 15) is 13.9 Å². The van der Waals surface area contributed by atoms with Gasteiger partial charge in [0.05, 0.1) is 0 Å². The van der Waals surface area contributed by atoms with Gasteiger partial charge in [0.15, 0.2) is 11.6 Å². The summed E-state index contributed by atoms with van der Waals surface area (Å²) in [6.45, 7) is 1.97. The van der Waals surface area contributed by atoms with Crippen molar-refractivity contribution in [2.75, 3.05) is 6.61 Å². The van der Waals surface area contributed by atoms with Crippen LogP contribution >= 0.6 is 0 Å². The van der Waals surface area contributed by atoms with Gasteiger partial charge in [0, 0.05) is 0 Å². The predicted molar refractivity (Wildman–Crippen MR) is 77.2 cm³/mol. The summed E-state index contributed by atoms with van der Waals surface area (Å²) in [5.74, 6) is -2.20. The van der Waals surface area contributed by atoms with Crippen molar-refractivity contribution in [1.82, 2.24) is 0 Å². The molecule has 2 aromatic carbocycles. The SMILES string of the molecule is CCCc1ccc(C(O)COc2cccc(F)c2F)cc1. The lowest BCUT2D eigenvalue weighted by atomic mass is 10.0.